The number of aldehydes is 1. The number of halogens is 3. The molecule has 0 radical (unpaired) electrons. The van der Waals surface area contributed by atoms with Crippen molar-refractivity contribution in [3.05, 3.63) is 70.1 Å². The van der Waals surface area contributed by atoms with Crippen molar-refractivity contribution in [2.24, 2.45) is 0 Å². The van der Waals surface area contributed by atoms with Crippen LogP contribution in [0.4, 0.5) is 4.39 Å². The van der Waals surface area contributed by atoms with Gasteiger partial charge in [-0.25, -0.2) is 9.07 Å². The number of rotatable bonds is 3. The van der Waals surface area contributed by atoms with E-state index < -0.39 is 5.82 Å². The maximum Gasteiger partial charge on any atom is 0.153 e. The summed E-state index contributed by atoms with van der Waals surface area (Å²) in [6, 6.07) is 11.2. The molecule has 0 aliphatic carbocycles. The number of aromatic nitrogens is 2. The number of nitrogens with zero attached hydrogens (tertiary/aromatic N) is 2. The second-order valence-corrected chi connectivity index (χ2v) is 5.44. The normalized spacial score (nSPS) is 10.7. The van der Waals surface area contributed by atoms with Gasteiger partial charge < -0.3 is 0 Å². The van der Waals surface area contributed by atoms with Crippen LogP contribution in [-0.4, -0.2) is 16.1 Å². The van der Waals surface area contributed by atoms with E-state index in [2.05, 4.69) is 5.10 Å². The van der Waals surface area contributed by atoms with Gasteiger partial charge in [-0.1, -0.05) is 35.3 Å². The minimum absolute atomic E-state index is 0.00584. The molecule has 0 aliphatic rings. The summed E-state index contributed by atoms with van der Waals surface area (Å²) in [6.07, 6.45) is 2.29. The summed E-state index contributed by atoms with van der Waals surface area (Å²) >= 11 is 11.6. The van der Waals surface area contributed by atoms with E-state index in [9.17, 15) is 9.18 Å². The highest BCUT2D eigenvalue weighted by Gasteiger charge is 2.12. The highest BCUT2D eigenvalue weighted by Crippen LogP contribution is 2.25. The molecule has 0 N–H and O–H groups in total. The number of hydrogen-bond donors (Lipinski definition) is 0. The van der Waals surface area contributed by atoms with Crippen LogP contribution < -0.4 is 0 Å². The van der Waals surface area contributed by atoms with Gasteiger partial charge in [0.05, 0.1) is 16.3 Å². The minimum Gasteiger partial charge on any atom is -0.298 e. The Hall–Kier alpha value is -2.17. The Morgan fingerprint density at radius 1 is 1.09 bits per heavy atom. The Balaban J connectivity index is 2.09. The summed E-state index contributed by atoms with van der Waals surface area (Å²) < 4.78 is 14.7. The van der Waals surface area contributed by atoms with E-state index in [1.54, 1.807) is 30.5 Å². The van der Waals surface area contributed by atoms with Gasteiger partial charge in [-0.05, 0) is 30.3 Å². The van der Waals surface area contributed by atoms with Crippen molar-refractivity contribution in [2.45, 2.75) is 0 Å². The molecule has 3 rings (SSSR count). The average molecular weight is 335 g/mol. The highest BCUT2D eigenvalue weighted by atomic mass is 35.5. The largest absolute Gasteiger partial charge is 0.298 e. The zero-order valence-corrected chi connectivity index (χ0v) is 12.6. The van der Waals surface area contributed by atoms with Gasteiger partial charge in [0.1, 0.15) is 11.5 Å². The highest BCUT2D eigenvalue weighted by molar-refractivity contribution is 6.31. The van der Waals surface area contributed by atoms with Crippen LogP contribution in [0.25, 0.3) is 16.9 Å². The SMILES string of the molecule is O=Cc1cn(-c2ccc(F)c(Cl)c2)nc1-c1ccc(Cl)cc1. The maximum absolute atomic E-state index is 13.2. The summed E-state index contributed by atoms with van der Waals surface area (Å²) in [5.74, 6) is -0.508. The maximum atomic E-state index is 13.2. The molecular weight excluding hydrogens is 326 g/mol. The molecule has 0 aliphatic heterocycles. The van der Waals surface area contributed by atoms with Crippen molar-refractivity contribution in [3.8, 4) is 16.9 Å². The molecule has 0 spiro atoms. The molecule has 0 saturated carbocycles. The molecule has 1 aromatic heterocycles. The van der Waals surface area contributed by atoms with Gasteiger partial charge in [0.25, 0.3) is 0 Å². The van der Waals surface area contributed by atoms with Crippen molar-refractivity contribution in [1.29, 1.82) is 0 Å². The molecule has 2 aromatic carbocycles. The molecule has 6 heteroatoms. The fourth-order valence-electron chi connectivity index (χ4n) is 2.07. The van der Waals surface area contributed by atoms with Crippen LogP contribution in [-0.2, 0) is 0 Å². The first-order valence-electron chi connectivity index (χ1n) is 6.34. The molecular formula is C16H9Cl2FN2O. The first-order chi connectivity index (χ1) is 10.6. The lowest BCUT2D eigenvalue weighted by Gasteiger charge is -2.02. The van der Waals surface area contributed by atoms with Crippen molar-refractivity contribution in [1.82, 2.24) is 9.78 Å². The molecule has 0 fully saturated rings. The Morgan fingerprint density at radius 3 is 2.45 bits per heavy atom. The predicted octanol–water partition coefficient (Wildman–Crippen LogP) is 4.80. The lowest BCUT2D eigenvalue weighted by molar-refractivity contribution is 0.112. The molecule has 0 saturated heterocycles. The summed E-state index contributed by atoms with van der Waals surface area (Å²) in [5, 5.41) is 4.98. The fraction of sp³-hybridized carbons (Fsp3) is 0. The van der Waals surface area contributed by atoms with Gasteiger partial charge in [0.15, 0.2) is 6.29 Å². The first kappa shape index (κ1) is 14.8. The Labute approximate surface area is 135 Å². The molecule has 3 aromatic rings. The van der Waals surface area contributed by atoms with Gasteiger partial charge in [0.2, 0.25) is 0 Å². The minimum atomic E-state index is -0.508. The van der Waals surface area contributed by atoms with Crippen molar-refractivity contribution in [2.75, 3.05) is 0 Å². The van der Waals surface area contributed by atoms with Crippen molar-refractivity contribution >= 4 is 29.5 Å². The van der Waals surface area contributed by atoms with E-state index in [0.29, 0.717) is 22.0 Å². The molecule has 22 heavy (non-hydrogen) atoms. The third kappa shape index (κ3) is 2.75. The third-order valence-corrected chi connectivity index (χ3v) is 3.70. The van der Waals surface area contributed by atoms with E-state index in [1.165, 1.54) is 22.9 Å². The lowest BCUT2D eigenvalue weighted by Crippen LogP contribution is -1.95. The quantitative estimate of drug-likeness (QED) is 0.645. The standard InChI is InChI=1S/C16H9Cl2FN2O/c17-12-3-1-10(2-4-12)16-11(9-22)8-21(20-16)13-5-6-15(19)14(18)7-13/h1-9H. The second-order valence-electron chi connectivity index (χ2n) is 4.60. The Morgan fingerprint density at radius 2 is 1.82 bits per heavy atom. The van der Waals surface area contributed by atoms with E-state index in [1.807, 2.05) is 0 Å². The van der Waals surface area contributed by atoms with Gasteiger partial charge in [0, 0.05) is 16.8 Å². The third-order valence-electron chi connectivity index (χ3n) is 3.15. The molecule has 0 unspecified atom stereocenters. The van der Waals surface area contributed by atoms with Gasteiger partial charge in [-0.2, -0.15) is 5.10 Å². The van der Waals surface area contributed by atoms with E-state index in [0.717, 1.165) is 11.8 Å². The summed E-state index contributed by atoms with van der Waals surface area (Å²) in [7, 11) is 0. The number of hydrogen-bond acceptors (Lipinski definition) is 2. The average Bonchev–Trinajstić information content (AvgIpc) is 2.95. The topological polar surface area (TPSA) is 34.9 Å². The smallest absolute Gasteiger partial charge is 0.153 e. The molecule has 1 heterocycles. The van der Waals surface area contributed by atoms with E-state index >= 15 is 0 Å². The van der Waals surface area contributed by atoms with Crippen LogP contribution in [0.5, 0.6) is 0 Å². The van der Waals surface area contributed by atoms with Crippen LogP contribution in [0.15, 0.2) is 48.7 Å². The predicted molar refractivity (Wildman–Crippen MR) is 84.4 cm³/mol. The monoisotopic (exact) mass is 334 g/mol. The van der Waals surface area contributed by atoms with Crippen LogP contribution in [0.2, 0.25) is 10.0 Å². The Kier molecular flexibility index (Phi) is 3.96. The van der Waals surface area contributed by atoms with Crippen LogP contribution in [0.1, 0.15) is 10.4 Å². The van der Waals surface area contributed by atoms with Crippen LogP contribution in [0.3, 0.4) is 0 Å². The van der Waals surface area contributed by atoms with Gasteiger partial charge in [-0.3, -0.25) is 4.79 Å². The first-order valence-corrected chi connectivity index (χ1v) is 7.10. The summed E-state index contributed by atoms with van der Waals surface area (Å²) in [4.78, 5) is 11.3. The zero-order valence-electron chi connectivity index (χ0n) is 11.1. The molecule has 0 bridgehead atoms. The van der Waals surface area contributed by atoms with Crippen molar-refractivity contribution < 1.29 is 9.18 Å². The lowest BCUT2D eigenvalue weighted by atomic mass is 10.1. The zero-order chi connectivity index (χ0) is 15.7. The summed E-state index contributed by atoms with van der Waals surface area (Å²) in [5.41, 5.74) is 2.27. The van der Waals surface area contributed by atoms with Gasteiger partial charge >= 0.3 is 0 Å². The molecule has 110 valence electrons. The van der Waals surface area contributed by atoms with Crippen LogP contribution in [0, 0.1) is 5.82 Å². The van der Waals surface area contributed by atoms with Crippen LogP contribution >= 0.6 is 23.2 Å². The number of benzene rings is 2. The number of carbonyl (C=O) groups excluding carboxylic acids is 1. The van der Waals surface area contributed by atoms with Crippen molar-refractivity contribution in [3.63, 3.8) is 0 Å². The van der Waals surface area contributed by atoms with Gasteiger partial charge in [-0.15, -0.1) is 0 Å². The number of carbonyl (C=O) groups is 1. The molecule has 3 nitrogen and oxygen atoms in total. The molecule has 0 amide bonds. The van der Waals surface area contributed by atoms with E-state index in [-0.39, 0.29) is 5.02 Å². The Bertz CT molecular complexity index is 844. The molecule has 0 atom stereocenters. The second kappa shape index (κ2) is 5.91. The summed E-state index contributed by atoms with van der Waals surface area (Å²) in [6.45, 7) is 0. The van der Waals surface area contributed by atoms with E-state index in [4.69, 9.17) is 23.2 Å². The fourth-order valence-corrected chi connectivity index (χ4v) is 2.37.